The largest absolute Gasteiger partial charge is 0.296 e. The van der Waals surface area contributed by atoms with Gasteiger partial charge in [0.05, 0.1) is 4.92 Å². The Hall–Kier alpha value is -1.13. The van der Waals surface area contributed by atoms with Crippen molar-refractivity contribution in [2.24, 2.45) is 0 Å². The van der Waals surface area contributed by atoms with Gasteiger partial charge in [0.1, 0.15) is 0 Å². The molecule has 1 aromatic carbocycles. The van der Waals surface area contributed by atoms with Gasteiger partial charge in [-0.15, -0.1) is 0 Å². The molecule has 0 unspecified atom stereocenters. The van der Waals surface area contributed by atoms with Crippen molar-refractivity contribution in [2.45, 2.75) is 32.4 Å². The molecule has 1 aliphatic carbocycles. The molecule has 0 saturated heterocycles. The van der Waals surface area contributed by atoms with Crippen molar-refractivity contribution < 1.29 is 4.92 Å². The summed E-state index contributed by atoms with van der Waals surface area (Å²) in [4.78, 5) is 12.6. The van der Waals surface area contributed by atoms with Crippen molar-refractivity contribution >= 4 is 17.3 Å². The standard InChI is InChI=1S/C12H15ClN2O2/c1-2-14(10-3-4-10)8-9-7-11(15(16)17)5-6-12(9)13/h5-7,10H,2-4,8H2,1H3. The van der Waals surface area contributed by atoms with Gasteiger partial charge in [0, 0.05) is 29.7 Å². The van der Waals surface area contributed by atoms with Crippen LogP contribution in [0.3, 0.4) is 0 Å². The van der Waals surface area contributed by atoms with Crippen LogP contribution in [0.15, 0.2) is 18.2 Å². The number of nitro benzene ring substituents is 1. The van der Waals surface area contributed by atoms with Crippen LogP contribution in [0.4, 0.5) is 5.69 Å². The second-order valence-corrected chi connectivity index (χ2v) is 4.73. The van der Waals surface area contributed by atoms with Crippen molar-refractivity contribution in [3.05, 3.63) is 38.9 Å². The molecule has 0 amide bonds. The highest BCUT2D eigenvalue weighted by Gasteiger charge is 2.28. The highest BCUT2D eigenvalue weighted by molar-refractivity contribution is 6.31. The number of nitro groups is 1. The molecule has 17 heavy (non-hydrogen) atoms. The van der Waals surface area contributed by atoms with Crippen molar-refractivity contribution in [1.82, 2.24) is 4.90 Å². The molecule has 92 valence electrons. The first kappa shape index (κ1) is 12.3. The van der Waals surface area contributed by atoms with E-state index in [1.807, 2.05) is 0 Å². The normalized spacial score (nSPS) is 15.2. The molecular weight excluding hydrogens is 240 g/mol. The third kappa shape index (κ3) is 2.96. The van der Waals surface area contributed by atoms with E-state index in [2.05, 4.69) is 11.8 Å². The van der Waals surface area contributed by atoms with E-state index in [0.29, 0.717) is 17.6 Å². The highest BCUT2D eigenvalue weighted by Crippen LogP contribution is 2.30. The number of nitrogens with zero attached hydrogens (tertiary/aromatic N) is 2. The maximum absolute atomic E-state index is 10.7. The zero-order valence-corrected chi connectivity index (χ0v) is 10.5. The average Bonchev–Trinajstić information content (AvgIpc) is 3.11. The Morgan fingerprint density at radius 2 is 2.24 bits per heavy atom. The predicted molar refractivity (Wildman–Crippen MR) is 67.2 cm³/mol. The first-order valence-electron chi connectivity index (χ1n) is 5.78. The van der Waals surface area contributed by atoms with Crippen molar-refractivity contribution in [2.75, 3.05) is 6.54 Å². The average molecular weight is 255 g/mol. The fourth-order valence-electron chi connectivity index (χ4n) is 1.95. The summed E-state index contributed by atoms with van der Waals surface area (Å²) in [6, 6.07) is 5.26. The van der Waals surface area contributed by atoms with Gasteiger partial charge in [-0.2, -0.15) is 0 Å². The molecule has 0 radical (unpaired) electrons. The van der Waals surface area contributed by atoms with Gasteiger partial charge in [0.2, 0.25) is 0 Å². The second kappa shape index (κ2) is 5.02. The number of hydrogen-bond acceptors (Lipinski definition) is 3. The van der Waals surface area contributed by atoms with E-state index >= 15 is 0 Å². The lowest BCUT2D eigenvalue weighted by Crippen LogP contribution is -2.25. The van der Waals surface area contributed by atoms with Crippen LogP contribution in [0.2, 0.25) is 5.02 Å². The maximum atomic E-state index is 10.7. The van der Waals surface area contributed by atoms with Crippen molar-refractivity contribution in [1.29, 1.82) is 0 Å². The first-order valence-corrected chi connectivity index (χ1v) is 6.16. The molecule has 0 aromatic heterocycles. The second-order valence-electron chi connectivity index (χ2n) is 4.33. The van der Waals surface area contributed by atoms with Gasteiger partial charge in [0.15, 0.2) is 0 Å². The summed E-state index contributed by atoms with van der Waals surface area (Å²) < 4.78 is 0. The van der Waals surface area contributed by atoms with E-state index in [9.17, 15) is 10.1 Å². The Morgan fingerprint density at radius 3 is 2.76 bits per heavy atom. The van der Waals surface area contributed by atoms with E-state index < -0.39 is 0 Å². The molecule has 0 bridgehead atoms. The third-order valence-electron chi connectivity index (χ3n) is 3.08. The van der Waals surface area contributed by atoms with Crippen LogP contribution in [0, 0.1) is 10.1 Å². The van der Waals surface area contributed by atoms with Crippen molar-refractivity contribution in [3.8, 4) is 0 Å². The summed E-state index contributed by atoms with van der Waals surface area (Å²) in [6.45, 7) is 3.74. The Bertz CT molecular complexity index is 433. The SMILES string of the molecule is CCN(Cc1cc([N+](=O)[O-])ccc1Cl)C1CC1. The van der Waals surface area contributed by atoms with Crippen LogP contribution in [-0.2, 0) is 6.54 Å². The topological polar surface area (TPSA) is 46.4 Å². The first-order chi connectivity index (χ1) is 8.11. The fourth-order valence-corrected chi connectivity index (χ4v) is 2.13. The Kier molecular flexibility index (Phi) is 3.64. The molecule has 0 spiro atoms. The van der Waals surface area contributed by atoms with Crippen LogP contribution in [-0.4, -0.2) is 22.4 Å². The zero-order chi connectivity index (χ0) is 12.4. The fraction of sp³-hybridized carbons (Fsp3) is 0.500. The minimum Gasteiger partial charge on any atom is -0.296 e. The Balaban J connectivity index is 2.18. The zero-order valence-electron chi connectivity index (χ0n) is 9.73. The molecule has 4 nitrogen and oxygen atoms in total. The summed E-state index contributed by atoms with van der Waals surface area (Å²) in [5, 5.41) is 11.3. The van der Waals surface area contributed by atoms with E-state index in [0.717, 1.165) is 12.1 Å². The Morgan fingerprint density at radius 1 is 1.53 bits per heavy atom. The molecular formula is C12H15ClN2O2. The number of hydrogen-bond donors (Lipinski definition) is 0. The summed E-state index contributed by atoms with van der Waals surface area (Å²) in [6.07, 6.45) is 2.45. The van der Waals surface area contributed by atoms with Gasteiger partial charge >= 0.3 is 0 Å². The van der Waals surface area contributed by atoms with Crippen LogP contribution in [0.5, 0.6) is 0 Å². The molecule has 0 aliphatic heterocycles. The predicted octanol–water partition coefficient (Wildman–Crippen LogP) is 3.23. The lowest BCUT2D eigenvalue weighted by Gasteiger charge is -2.20. The number of benzene rings is 1. The number of rotatable bonds is 5. The van der Waals surface area contributed by atoms with Gasteiger partial charge in [-0.05, 0) is 31.0 Å². The summed E-state index contributed by atoms with van der Waals surface area (Å²) in [5.74, 6) is 0. The minimum atomic E-state index is -0.382. The van der Waals surface area contributed by atoms with E-state index in [-0.39, 0.29) is 10.6 Å². The minimum absolute atomic E-state index is 0.108. The van der Waals surface area contributed by atoms with Gasteiger partial charge in [-0.1, -0.05) is 18.5 Å². The lowest BCUT2D eigenvalue weighted by molar-refractivity contribution is -0.384. The third-order valence-corrected chi connectivity index (χ3v) is 3.45. The van der Waals surface area contributed by atoms with Crippen molar-refractivity contribution in [3.63, 3.8) is 0 Å². The molecule has 0 heterocycles. The summed E-state index contributed by atoms with van der Waals surface area (Å²) >= 11 is 6.08. The molecule has 1 saturated carbocycles. The molecule has 2 rings (SSSR count). The van der Waals surface area contributed by atoms with E-state index in [1.165, 1.54) is 18.9 Å². The quantitative estimate of drug-likeness (QED) is 0.599. The molecule has 0 N–H and O–H groups in total. The molecule has 0 atom stereocenters. The monoisotopic (exact) mass is 254 g/mol. The van der Waals surface area contributed by atoms with Gasteiger partial charge in [-0.25, -0.2) is 0 Å². The van der Waals surface area contributed by atoms with Crippen LogP contribution in [0.1, 0.15) is 25.3 Å². The number of non-ortho nitro benzene ring substituents is 1. The van der Waals surface area contributed by atoms with Gasteiger partial charge in [0.25, 0.3) is 5.69 Å². The summed E-state index contributed by atoms with van der Waals surface area (Å²) in [7, 11) is 0. The smallest absolute Gasteiger partial charge is 0.269 e. The molecule has 1 aromatic rings. The van der Waals surface area contributed by atoms with Crippen LogP contribution in [0.25, 0.3) is 0 Å². The maximum Gasteiger partial charge on any atom is 0.269 e. The van der Waals surface area contributed by atoms with Crippen LogP contribution < -0.4 is 0 Å². The molecule has 5 heteroatoms. The van der Waals surface area contributed by atoms with E-state index in [4.69, 9.17) is 11.6 Å². The van der Waals surface area contributed by atoms with Gasteiger partial charge in [-0.3, -0.25) is 15.0 Å². The molecule has 1 fully saturated rings. The van der Waals surface area contributed by atoms with Crippen LogP contribution >= 0.6 is 11.6 Å². The lowest BCUT2D eigenvalue weighted by atomic mass is 10.2. The molecule has 1 aliphatic rings. The highest BCUT2D eigenvalue weighted by atomic mass is 35.5. The van der Waals surface area contributed by atoms with E-state index in [1.54, 1.807) is 12.1 Å². The summed E-state index contributed by atoms with van der Waals surface area (Å²) in [5.41, 5.74) is 0.950. The number of halogens is 1. The van der Waals surface area contributed by atoms with Gasteiger partial charge < -0.3 is 0 Å². The Labute approximate surface area is 105 Å².